The van der Waals surface area contributed by atoms with Gasteiger partial charge in [0, 0.05) is 11.8 Å². The minimum atomic E-state index is -1.20. The highest BCUT2D eigenvalue weighted by molar-refractivity contribution is 5.76. The molecule has 0 bridgehead atoms. The molecule has 3 N–H and O–H groups in total. The standard InChI is InChI=1S/C17H24O4/c1-15(2)16(3,14(19)20)9-10-17(15,21)11-13(18)12-7-5-4-6-8-12/h4-8,13,18,21H,9-11H2,1-3H3,(H,19,20)/t13-,16+,17+/m0/s1. The Morgan fingerprint density at radius 1 is 1.19 bits per heavy atom. The molecule has 0 saturated heterocycles. The Labute approximate surface area is 125 Å². The van der Waals surface area contributed by atoms with Gasteiger partial charge in [-0.3, -0.25) is 4.79 Å². The van der Waals surface area contributed by atoms with Crippen LogP contribution in [0.2, 0.25) is 0 Å². The van der Waals surface area contributed by atoms with Crippen LogP contribution in [0.5, 0.6) is 0 Å². The summed E-state index contributed by atoms with van der Waals surface area (Å²) in [6, 6.07) is 9.16. The van der Waals surface area contributed by atoms with Gasteiger partial charge in [0.2, 0.25) is 0 Å². The minimum absolute atomic E-state index is 0.146. The molecule has 0 radical (unpaired) electrons. The van der Waals surface area contributed by atoms with Gasteiger partial charge in [-0.1, -0.05) is 44.2 Å². The number of rotatable bonds is 4. The molecule has 4 nitrogen and oxygen atoms in total. The second-order valence-corrected chi connectivity index (χ2v) is 6.92. The second kappa shape index (κ2) is 5.11. The van der Waals surface area contributed by atoms with E-state index in [1.54, 1.807) is 20.8 Å². The smallest absolute Gasteiger partial charge is 0.310 e. The summed E-state index contributed by atoms with van der Waals surface area (Å²) in [6.45, 7) is 5.25. The van der Waals surface area contributed by atoms with Gasteiger partial charge < -0.3 is 15.3 Å². The van der Waals surface area contributed by atoms with Gasteiger partial charge in [0.1, 0.15) is 0 Å². The van der Waals surface area contributed by atoms with E-state index < -0.39 is 28.5 Å². The highest BCUT2D eigenvalue weighted by Gasteiger charge is 2.63. The molecule has 4 heteroatoms. The van der Waals surface area contributed by atoms with E-state index in [9.17, 15) is 20.1 Å². The molecule has 1 aromatic carbocycles. The van der Waals surface area contributed by atoms with Gasteiger partial charge >= 0.3 is 5.97 Å². The number of aliphatic carboxylic acids is 1. The normalized spacial score (nSPS) is 32.8. The molecule has 1 aromatic rings. The first-order chi connectivity index (χ1) is 9.64. The summed E-state index contributed by atoms with van der Waals surface area (Å²) in [5, 5.41) is 30.9. The zero-order chi connectivity index (χ0) is 15.9. The van der Waals surface area contributed by atoms with Crippen LogP contribution >= 0.6 is 0 Å². The predicted molar refractivity (Wildman–Crippen MR) is 79.7 cm³/mol. The third-order valence-corrected chi connectivity index (χ3v) is 5.77. The van der Waals surface area contributed by atoms with Gasteiger partial charge in [-0.05, 0) is 25.3 Å². The summed E-state index contributed by atoms with van der Waals surface area (Å²) in [5.74, 6) is -0.891. The van der Waals surface area contributed by atoms with Crippen molar-refractivity contribution in [3.05, 3.63) is 35.9 Å². The van der Waals surface area contributed by atoms with Gasteiger partial charge in [-0.25, -0.2) is 0 Å². The topological polar surface area (TPSA) is 77.8 Å². The fraction of sp³-hybridized carbons (Fsp3) is 0.588. The van der Waals surface area contributed by atoms with E-state index in [1.807, 2.05) is 30.3 Å². The van der Waals surface area contributed by atoms with Crippen LogP contribution in [-0.4, -0.2) is 26.9 Å². The van der Waals surface area contributed by atoms with Crippen LogP contribution in [-0.2, 0) is 4.79 Å². The van der Waals surface area contributed by atoms with E-state index in [0.29, 0.717) is 12.8 Å². The first kappa shape index (κ1) is 16.0. The summed E-state index contributed by atoms with van der Waals surface area (Å²) < 4.78 is 0. The molecule has 0 amide bonds. The largest absolute Gasteiger partial charge is 0.481 e. The Morgan fingerprint density at radius 3 is 2.24 bits per heavy atom. The summed E-state index contributed by atoms with van der Waals surface area (Å²) in [5.41, 5.74) is -2.26. The van der Waals surface area contributed by atoms with Gasteiger partial charge in [0.25, 0.3) is 0 Å². The lowest BCUT2D eigenvalue weighted by molar-refractivity contribution is -0.164. The summed E-state index contributed by atoms with van der Waals surface area (Å²) in [7, 11) is 0. The molecule has 0 spiro atoms. The van der Waals surface area contributed by atoms with Crippen molar-refractivity contribution in [1.29, 1.82) is 0 Å². The molecule has 1 saturated carbocycles. The van der Waals surface area contributed by atoms with Crippen molar-refractivity contribution in [2.24, 2.45) is 10.8 Å². The average Bonchev–Trinajstić information content (AvgIpc) is 2.61. The molecule has 1 aliphatic carbocycles. The van der Waals surface area contributed by atoms with E-state index in [0.717, 1.165) is 5.56 Å². The lowest BCUT2D eigenvalue weighted by Gasteiger charge is -2.44. The number of carboxylic acids is 1. The molecular formula is C17H24O4. The zero-order valence-electron chi connectivity index (χ0n) is 12.8. The Morgan fingerprint density at radius 2 is 1.76 bits per heavy atom. The van der Waals surface area contributed by atoms with Gasteiger partial charge in [0.15, 0.2) is 0 Å². The van der Waals surface area contributed by atoms with Crippen LogP contribution < -0.4 is 0 Å². The third kappa shape index (κ3) is 2.36. The summed E-state index contributed by atoms with van der Waals surface area (Å²) in [4.78, 5) is 11.6. The zero-order valence-corrected chi connectivity index (χ0v) is 12.8. The average molecular weight is 292 g/mol. The fourth-order valence-corrected chi connectivity index (χ4v) is 3.44. The van der Waals surface area contributed by atoms with Crippen LogP contribution in [0.25, 0.3) is 0 Å². The van der Waals surface area contributed by atoms with Crippen LogP contribution in [0.1, 0.15) is 51.7 Å². The van der Waals surface area contributed by atoms with Crippen molar-refractivity contribution in [3.8, 4) is 0 Å². The summed E-state index contributed by atoms with van der Waals surface area (Å²) in [6.07, 6.45) is 0.138. The first-order valence-electron chi connectivity index (χ1n) is 7.33. The van der Waals surface area contributed by atoms with E-state index in [2.05, 4.69) is 0 Å². The van der Waals surface area contributed by atoms with Crippen LogP contribution in [0.3, 0.4) is 0 Å². The second-order valence-electron chi connectivity index (χ2n) is 6.92. The van der Waals surface area contributed by atoms with E-state index in [4.69, 9.17) is 0 Å². The van der Waals surface area contributed by atoms with Crippen molar-refractivity contribution in [2.45, 2.75) is 51.7 Å². The fourth-order valence-electron chi connectivity index (χ4n) is 3.44. The first-order valence-corrected chi connectivity index (χ1v) is 7.33. The van der Waals surface area contributed by atoms with Gasteiger partial charge in [-0.2, -0.15) is 0 Å². The maximum Gasteiger partial charge on any atom is 0.310 e. The highest BCUT2D eigenvalue weighted by atomic mass is 16.4. The van der Waals surface area contributed by atoms with E-state index in [-0.39, 0.29) is 6.42 Å². The van der Waals surface area contributed by atoms with Crippen molar-refractivity contribution in [1.82, 2.24) is 0 Å². The number of aliphatic hydroxyl groups is 2. The number of carboxylic acid groups (broad SMARTS) is 1. The molecule has 3 atom stereocenters. The van der Waals surface area contributed by atoms with Gasteiger partial charge in [-0.15, -0.1) is 0 Å². The van der Waals surface area contributed by atoms with Crippen molar-refractivity contribution in [3.63, 3.8) is 0 Å². The molecule has 1 fully saturated rings. The Bertz CT molecular complexity index is 525. The van der Waals surface area contributed by atoms with Crippen molar-refractivity contribution >= 4 is 5.97 Å². The molecule has 0 heterocycles. The molecular weight excluding hydrogens is 268 g/mol. The molecule has 0 unspecified atom stereocenters. The Kier molecular flexibility index (Phi) is 3.89. The van der Waals surface area contributed by atoms with Crippen LogP contribution in [0, 0.1) is 10.8 Å². The third-order valence-electron chi connectivity index (χ3n) is 5.77. The van der Waals surface area contributed by atoms with Gasteiger partial charge in [0.05, 0.1) is 17.1 Å². The molecule has 21 heavy (non-hydrogen) atoms. The molecule has 1 aliphatic rings. The van der Waals surface area contributed by atoms with Crippen molar-refractivity contribution < 1.29 is 20.1 Å². The lowest BCUT2D eigenvalue weighted by Crippen LogP contribution is -2.50. The molecule has 0 aliphatic heterocycles. The SMILES string of the molecule is CC1(C)[C@](O)(C[C@H](O)c2ccccc2)CC[C@]1(C)C(=O)O. The highest BCUT2D eigenvalue weighted by Crippen LogP contribution is 2.60. The number of hydrogen-bond acceptors (Lipinski definition) is 3. The predicted octanol–water partition coefficient (Wildman–Crippen LogP) is 2.75. The molecule has 2 rings (SSSR count). The van der Waals surface area contributed by atoms with Crippen molar-refractivity contribution in [2.75, 3.05) is 0 Å². The maximum atomic E-state index is 11.6. The van der Waals surface area contributed by atoms with Crippen LogP contribution in [0.4, 0.5) is 0 Å². The molecule has 116 valence electrons. The Hall–Kier alpha value is -1.39. The Balaban J connectivity index is 2.26. The number of carbonyl (C=O) groups is 1. The quantitative estimate of drug-likeness (QED) is 0.797. The van der Waals surface area contributed by atoms with Crippen LogP contribution in [0.15, 0.2) is 30.3 Å². The number of aliphatic hydroxyl groups excluding tert-OH is 1. The number of hydrogen-bond donors (Lipinski definition) is 3. The minimum Gasteiger partial charge on any atom is -0.481 e. The van der Waals surface area contributed by atoms with E-state index in [1.165, 1.54) is 0 Å². The van der Waals surface area contributed by atoms with E-state index >= 15 is 0 Å². The summed E-state index contributed by atoms with van der Waals surface area (Å²) >= 11 is 0. The maximum absolute atomic E-state index is 11.6. The molecule has 0 aromatic heterocycles. The number of benzene rings is 1. The monoisotopic (exact) mass is 292 g/mol. The lowest BCUT2D eigenvalue weighted by atomic mass is 9.62.